The van der Waals surface area contributed by atoms with E-state index in [2.05, 4.69) is 22.0 Å². The van der Waals surface area contributed by atoms with Gasteiger partial charge in [-0.1, -0.05) is 42.5 Å². The minimum absolute atomic E-state index is 0.0332. The lowest BCUT2D eigenvalue weighted by molar-refractivity contribution is -0.152. The first-order chi connectivity index (χ1) is 16.6. The number of rotatable bonds is 9. The second-order valence-corrected chi connectivity index (χ2v) is 8.91. The molecule has 0 aliphatic carbocycles. The molecule has 1 aromatic heterocycles. The van der Waals surface area contributed by atoms with Gasteiger partial charge in [0.2, 0.25) is 0 Å². The van der Waals surface area contributed by atoms with Gasteiger partial charge in [0.1, 0.15) is 10.8 Å². The van der Waals surface area contributed by atoms with Crippen LogP contribution in [0.2, 0.25) is 0 Å². The van der Waals surface area contributed by atoms with Crippen molar-refractivity contribution in [3.63, 3.8) is 0 Å². The average molecular weight is 480 g/mol. The molecular weight excluding hydrogens is 450 g/mol. The van der Waals surface area contributed by atoms with Crippen molar-refractivity contribution >= 4 is 23.2 Å². The molecule has 1 fully saturated rings. The molecule has 0 bridgehead atoms. The number of benzene rings is 2. The van der Waals surface area contributed by atoms with Crippen molar-refractivity contribution in [2.75, 3.05) is 39.4 Å². The van der Waals surface area contributed by atoms with Crippen molar-refractivity contribution in [1.82, 2.24) is 14.8 Å². The normalized spacial score (nSPS) is 14.1. The molecule has 1 aliphatic rings. The highest BCUT2D eigenvalue weighted by atomic mass is 32.1. The van der Waals surface area contributed by atoms with Gasteiger partial charge in [0.05, 0.1) is 24.3 Å². The molecule has 2 aromatic carbocycles. The maximum atomic E-state index is 12.5. The fourth-order valence-electron chi connectivity index (χ4n) is 3.87. The third kappa shape index (κ3) is 6.42. The van der Waals surface area contributed by atoms with Crippen LogP contribution in [0.4, 0.5) is 0 Å². The number of carbonyl (C=O) groups excluding carboxylic acids is 2. The van der Waals surface area contributed by atoms with Gasteiger partial charge < -0.3 is 14.4 Å². The first-order valence-corrected chi connectivity index (χ1v) is 12.4. The average Bonchev–Trinajstić information content (AvgIpc) is 3.32. The van der Waals surface area contributed by atoms with Crippen LogP contribution in [0, 0.1) is 0 Å². The zero-order valence-corrected chi connectivity index (χ0v) is 20.1. The van der Waals surface area contributed by atoms with Gasteiger partial charge in [-0.15, -0.1) is 11.3 Å². The molecule has 178 valence electrons. The van der Waals surface area contributed by atoms with Crippen LogP contribution in [-0.4, -0.2) is 66.1 Å². The molecule has 0 atom stereocenters. The second-order valence-electron chi connectivity index (χ2n) is 8.05. The molecule has 1 saturated heterocycles. The molecule has 34 heavy (non-hydrogen) atoms. The second kappa shape index (κ2) is 11.8. The third-order valence-electron chi connectivity index (χ3n) is 5.63. The van der Waals surface area contributed by atoms with Crippen molar-refractivity contribution in [2.24, 2.45) is 0 Å². The number of hydrogen-bond donors (Lipinski definition) is 0. The highest BCUT2D eigenvalue weighted by molar-refractivity contribution is 7.13. The van der Waals surface area contributed by atoms with Crippen LogP contribution < -0.4 is 4.74 Å². The minimum Gasteiger partial charge on any atom is -0.493 e. The summed E-state index contributed by atoms with van der Waals surface area (Å²) >= 11 is 1.45. The van der Waals surface area contributed by atoms with Crippen molar-refractivity contribution in [3.05, 3.63) is 71.2 Å². The quantitative estimate of drug-likeness (QED) is 0.437. The maximum Gasteiger partial charge on any atom is 0.312 e. The summed E-state index contributed by atoms with van der Waals surface area (Å²) in [5.74, 6) is 0.159. The zero-order valence-electron chi connectivity index (χ0n) is 19.3. The van der Waals surface area contributed by atoms with Gasteiger partial charge in [0, 0.05) is 38.1 Å². The van der Waals surface area contributed by atoms with Gasteiger partial charge in [-0.3, -0.25) is 14.5 Å². The van der Waals surface area contributed by atoms with Crippen molar-refractivity contribution in [1.29, 1.82) is 0 Å². The number of hydrogen-bond acceptors (Lipinski definition) is 7. The lowest BCUT2D eigenvalue weighted by Gasteiger charge is -2.34. The fraction of sp³-hybridized carbons (Fsp3) is 0.346. The van der Waals surface area contributed by atoms with Crippen LogP contribution in [0.5, 0.6) is 5.75 Å². The molecule has 0 N–H and O–H groups in total. The summed E-state index contributed by atoms with van der Waals surface area (Å²) in [5, 5.41) is 2.63. The lowest BCUT2D eigenvalue weighted by atomic mass is 10.2. The minimum atomic E-state index is -0.453. The fourth-order valence-corrected chi connectivity index (χ4v) is 4.72. The summed E-state index contributed by atoms with van der Waals surface area (Å²) in [6.45, 7) is 6.03. The first kappa shape index (κ1) is 23.9. The van der Waals surface area contributed by atoms with E-state index in [-0.39, 0.29) is 18.9 Å². The van der Waals surface area contributed by atoms with Gasteiger partial charge in [-0.05, 0) is 24.6 Å². The lowest BCUT2D eigenvalue weighted by Crippen LogP contribution is -2.49. The van der Waals surface area contributed by atoms with Crippen LogP contribution in [0.25, 0.3) is 10.6 Å². The van der Waals surface area contributed by atoms with E-state index in [9.17, 15) is 9.59 Å². The molecule has 0 unspecified atom stereocenters. The predicted octanol–water partition coefficient (Wildman–Crippen LogP) is 3.64. The van der Waals surface area contributed by atoms with E-state index in [1.54, 1.807) is 4.90 Å². The third-order valence-corrected chi connectivity index (χ3v) is 6.55. The number of aromatic nitrogens is 1. The number of piperazine rings is 1. The Kier molecular flexibility index (Phi) is 8.27. The van der Waals surface area contributed by atoms with Crippen LogP contribution in [0.1, 0.15) is 18.2 Å². The van der Waals surface area contributed by atoms with E-state index in [0.717, 1.165) is 36.0 Å². The van der Waals surface area contributed by atoms with Crippen LogP contribution in [-0.2, 0) is 27.3 Å². The first-order valence-electron chi connectivity index (χ1n) is 11.5. The molecule has 0 spiro atoms. The van der Waals surface area contributed by atoms with Crippen LogP contribution in [0.3, 0.4) is 0 Å². The van der Waals surface area contributed by atoms with Gasteiger partial charge in [-0.2, -0.15) is 0 Å². The highest BCUT2D eigenvalue weighted by Gasteiger charge is 2.22. The highest BCUT2D eigenvalue weighted by Crippen LogP contribution is 2.32. The Hall–Kier alpha value is -3.23. The topological polar surface area (TPSA) is 72.0 Å². The molecule has 2 heterocycles. The smallest absolute Gasteiger partial charge is 0.312 e. The predicted molar refractivity (Wildman–Crippen MR) is 132 cm³/mol. The standard InChI is InChI=1S/C26H29N3O4S/c1-2-32-23-11-7-6-10-22(23)26-27-21(19-34-26)16-25(31)33-18-24(30)29-14-12-28(13-15-29)17-20-8-4-3-5-9-20/h3-11,19H,2,12-18H2,1H3. The molecular formula is C26H29N3O4S. The number of amides is 1. The summed E-state index contributed by atoms with van der Waals surface area (Å²) < 4.78 is 10.9. The molecule has 1 amide bonds. The Morgan fingerprint density at radius 3 is 2.50 bits per heavy atom. The van der Waals surface area contributed by atoms with E-state index in [1.165, 1.54) is 16.9 Å². The number of thiazole rings is 1. The molecule has 4 rings (SSSR count). The van der Waals surface area contributed by atoms with Crippen LogP contribution in [0.15, 0.2) is 60.0 Å². The van der Waals surface area contributed by atoms with Crippen molar-refractivity contribution in [2.45, 2.75) is 19.9 Å². The molecule has 7 nitrogen and oxygen atoms in total. The summed E-state index contributed by atoms with van der Waals surface area (Å²) in [6, 6.07) is 18.0. The maximum absolute atomic E-state index is 12.5. The van der Waals surface area contributed by atoms with E-state index < -0.39 is 5.97 Å². The summed E-state index contributed by atoms with van der Waals surface area (Å²) in [7, 11) is 0. The van der Waals surface area contributed by atoms with Crippen LogP contribution >= 0.6 is 11.3 Å². The number of esters is 1. The Balaban J connectivity index is 1.22. The molecule has 3 aromatic rings. The summed E-state index contributed by atoms with van der Waals surface area (Å²) in [5.41, 5.74) is 2.79. The molecule has 1 aliphatic heterocycles. The Labute approximate surface area is 203 Å². The summed E-state index contributed by atoms with van der Waals surface area (Å²) in [6.07, 6.45) is 0.0332. The zero-order chi connectivity index (χ0) is 23.8. The van der Waals surface area contributed by atoms with Gasteiger partial charge in [0.25, 0.3) is 5.91 Å². The molecule has 8 heteroatoms. The van der Waals surface area contributed by atoms with E-state index >= 15 is 0 Å². The number of carbonyl (C=O) groups is 2. The van der Waals surface area contributed by atoms with Gasteiger partial charge in [-0.25, -0.2) is 4.98 Å². The largest absolute Gasteiger partial charge is 0.493 e. The number of para-hydroxylation sites is 1. The van der Waals surface area contributed by atoms with E-state index in [4.69, 9.17) is 9.47 Å². The number of ether oxygens (including phenoxy) is 2. The van der Waals surface area contributed by atoms with Gasteiger partial charge >= 0.3 is 5.97 Å². The monoisotopic (exact) mass is 479 g/mol. The van der Waals surface area contributed by atoms with Crippen molar-refractivity contribution < 1.29 is 19.1 Å². The van der Waals surface area contributed by atoms with Crippen molar-refractivity contribution in [3.8, 4) is 16.3 Å². The Morgan fingerprint density at radius 1 is 1.00 bits per heavy atom. The molecule has 0 radical (unpaired) electrons. The molecule has 0 saturated carbocycles. The van der Waals surface area contributed by atoms with E-state index in [0.29, 0.717) is 25.4 Å². The Bertz CT molecular complexity index is 1090. The van der Waals surface area contributed by atoms with Gasteiger partial charge in [0.15, 0.2) is 6.61 Å². The summed E-state index contributed by atoms with van der Waals surface area (Å²) in [4.78, 5) is 33.5. The SMILES string of the molecule is CCOc1ccccc1-c1nc(CC(=O)OCC(=O)N2CCN(Cc3ccccc3)CC2)cs1. The Morgan fingerprint density at radius 2 is 1.74 bits per heavy atom. The van der Waals surface area contributed by atoms with E-state index in [1.807, 2.05) is 54.8 Å². The number of nitrogens with zero attached hydrogens (tertiary/aromatic N) is 3.